The van der Waals surface area contributed by atoms with Crippen LogP contribution in [0.2, 0.25) is 0 Å². The number of hydrogen-bond donors (Lipinski definition) is 0. The molecule has 24 heavy (non-hydrogen) atoms. The van der Waals surface area contributed by atoms with Crippen LogP contribution in [0.3, 0.4) is 0 Å². The van der Waals surface area contributed by atoms with Gasteiger partial charge in [-0.05, 0) is 18.2 Å². The van der Waals surface area contributed by atoms with Gasteiger partial charge in [0.25, 0.3) is 11.8 Å². The Hall–Kier alpha value is -2.06. The Morgan fingerprint density at radius 1 is 1.00 bits per heavy atom. The molecule has 0 N–H and O–H groups in total. The van der Waals surface area contributed by atoms with E-state index in [4.69, 9.17) is 9.47 Å². The first kappa shape index (κ1) is 16.8. The summed E-state index contributed by atoms with van der Waals surface area (Å²) in [6.45, 7) is 2.52. The van der Waals surface area contributed by atoms with Crippen LogP contribution in [0.25, 0.3) is 0 Å². The standard InChI is InChI=1S/C16H18F2N2O4/c17-12-2-1-11(9-13(12)18)15(21)19-3-5-20(6-4-19)16(22)14-10-23-7-8-24-14/h1-2,9,14H,3-8,10H2. The summed E-state index contributed by atoms with van der Waals surface area (Å²) in [6, 6.07) is 3.08. The molecular formula is C16H18F2N2O4. The molecule has 2 amide bonds. The number of carbonyl (C=O) groups is 2. The summed E-state index contributed by atoms with van der Waals surface area (Å²) >= 11 is 0. The quantitative estimate of drug-likeness (QED) is 0.794. The molecule has 2 saturated heterocycles. The third kappa shape index (κ3) is 3.54. The van der Waals surface area contributed by atoms with Crippen LogP contribution in [0.4, 0.5) is 8.78 Å². The van der Waals surface area contributed by atoms with E-state index in [0.29, 0.717) is 39.4 Å². The van der Waals surface area contributed by atoms with Gasteiger partial charge in [0.15, 0.2) is 17.7 Å². The molecule has 2 heterocycles. The first-order valence-electron chi connectivity index (χ1n) is 7.79. The summed E-state index contributed by atoms with van der Waals surface area (Å²) in [6.07, 6.45) is -0.591. The molecule has 2 fully saturated rings. The van der Waals surface area contributed by atoms with Gasteiger partial charge in [-0.2, -0.15) is 0 Å². The Morgan fingerprint density at radius 3 is 2.33 bits per heavy atom. The van der Waals surface area contributed by atoms with Gasteiger partial charge >= 0.3 is 0 Å². The lowest BCUT2D eigenvalue weighted by Crippen LogP contribution is -2.54. The van der Waals surface area contributed by atoms with Crippen LogP contribution in [0.15, 0.2) is 18.2 Å². The van der Waals surface area contributed by atoms with Gasteiger partial charge in [-0.15, -0.1) is 0 Å². The number of benzene rings is 1. The van der Waals surface area contributed by atoms with Gasteiger partial charge in [0.1, 0.15) is 0 Å². The fourth-order valence-electron chi connectivity index (χ4n) is 2.78. The first-order chi connectivity index (χ1) is 11.6. The molecule has 1 aromatic carbocycles. The van der Waals surface area contributed by atoms with Gasteiger partial charge in [-0.3, -0.25) is 9.59 Å². The Kier molecular flexibility index (Phi) is 5.06. The second kappa shape index (κ2) is 7.23. The second-order valence-corrected chi connectivity index (χ2v) is 5.68. The van der Waals surface area contributed by atoms with Crippen molar-refractivity contribution in [1.82, 2.24) is 9.80 Å². The molecule has 6 nitrogen and oxygen atoms in total. The van der Waals surface area contributed by atoms with Crippen molar-refractivity contribution in [2.45, 2.75) is 6.10 Å². The highest BCUT2D eigenvalue weighted by Crippen LogP contribution is 2.14. The molecule has 2 aliphatic heterocycles. The SMILES string of the molecule is O=C(c1ccc(F)c(F)c1)N1CCN(C(=O)C2COCCO2)CC1. The van der Waals surface area contributed by atoms with Crippen molar-refractivity contribution in [3.8, 4) is 0 Å². The zero-order valence-corrected chi connectivity index (χ0v) is 13.0. The maximum absolute atomic E-state index is 13.3. The minimum Gasteiger partial charge on any atom is -0.376 e. The molecule has 130 valence electrons. The molecule has 1 atom stereocenters. The molecule has 0 aromatic heterocycles. The summed E-state index contributed by atoms with van der Waals surface area (Å²) in [7, 11) is 0. The molecule has 0 bridgehead atoms. The molecule has 2 aliphatic rings. The van der Waals surface area contributed by atoms with Gasteiger partial charge in [0, 0.05) is 31.7 Å². The van der Waals surface area contributed by atoms with E-state index in [1.807, 2.05) is 0 Å². The smallest absolute Gasteiger partial charge is 0.254 e. The average Bonchev–Trinajstić information content (AvgIpc) is 2.63. The number of hydrogen-bond acceptors (Lipinski definition) is 4. The molecule has 0 radical (unpaired) electrons. The third-order valence-electron chi connectivity index (χ3n) is 4.14. The van der Waals surface area contributed by atoms with Crippen molar-refractivity contribution in [2.24, 2.45) is 0 Å². The summed E-state index contributed by atoms with van der Waals surface area (Å²) < 4.78 is 36.8. The van der Waals surface area contributed by atoms with Crippen LogP contribution in [0.1, 0.15) is 10.4 Å². The largest absolute Gasteiger partial charge is 0.376 e. The van der Waals surface area contributed by atoms with Crippen LogP contribution in [-0.4, -0.2) is 73.7 Å². The molecular weight excluding hydrogens is 322 g/mol. The summed E-state index contributed by atoms with van der Waals surface area (Å²) in [5, 5.41) is 0. The van der Waals surface area contributed by atoms with Gasteiger partial charge in [0.2, 0.25) is 0 Å². The highest BCUT2D eigenvalue weighted by atomic mass is 19.2. The maximum Gasteiger partial charge on any atom is 0.254 e. The molecule has 1 unspecified atom stereocenters. The fourth-order valence-corrected chi connectivity index (χ4v) is 2.78. The van der Waals surface area contributed by atoms with Crippen molar-refractivity contribution in [3.63, 3.8) is 0 Å². The van der Waals surface area contributed by atoms with Gasteiger partial charge < -0.3 is 19.3 Å². The zero-order valence-electron chi connectivity index (χ0n) is 13.0. The predicted molar refractivity (Wildman–Crippen MR) is 79.4 cm³/mol. The molecule has 1 aromatic rings. The van der Waals surface area contributed by atoms with Crippen LogP contribution in [-0.2, 0) is 14.3 Å². The van der Waals surface area contributed by atoms with Gasteiger partial charge in [-0.1, -0.05) is 0 Å². The van der Waals surface area contributed by atoms with Crippen LogP contribution < -0.4 is 0 Å². The van der Waals surface area contributed by atoms with Crippen molar-refractivity contribution in [2.75, 3.05) is 46.0 Å². The number of rotatable bonds is 2. The zero-order chi connectivity index (χ0) is 17.1. The summed E-state index contributed by atoms with van der Waals surface area (Å²) in [4.78, 5) is 27.8. The minimum atomic E-state index is -1.05. The lowest BCUT2D eigenvalue weighted by atomic mass is 10.1. The van der Waals surface area contributed by atoms with E-state index in [-0.39, 0.29) is 24.0 Å². The molecule has 0 spiro atoms. The predicted octanol–water partition coefficient (Wildman–Crippen LogP) is 0.665. The Balaban J connectivity index is 1.57. The first-order valence-corrected chi connectivity index (χ1v) is 7.79. The Morgan fingerprint density at radius 2 is 1.71 bits per heavy atom. The van der Waals surface area contributed by atoms with E-state index in [0.717, 1.165) is 12.1 Å². The molecule has 0 saturated carbocycles. The van der Waals surface area contributed by atoms with Crippen LogP contribution >= 0.6 is 0 Å². The van der Waals surface area contributed by atoms with Crippen molar-refractivity contribution in [3.05, 3.63) is 35.4 Å². The molecule has 0 aliphatic carbocycles. The normalized spacial score (nSPS) is 21.7. The highest BCUT2D eigenvalue weighted by molar-refractivity contribution is 5.94. The lowest BCUT2D eigenvalue weighted by Gasteiger charge is -2.37. The fraction of sp³-hybridized carbons (Fsp3) is 0.500. The Bertz CT molecular complexity index is 627. The highest BCUT2D eigenvalue weighted by Gasteiger charge is 2.31. The monoisotopic (exact) mass is 340 g/mol. The lowest BCUT2D eigenvalue weighted by molar-refractivity contribution is -0.159. The maximum atomic E-state index is 13.3. The van der Waals surface area contributed by atoms with Crippen molar-refractivity contribution >= 4 is 11.8 Å². The van der Waals surface area contributed by atoms with Crippen molar-refractivity contribution < 1.29 is 27.8 Å². The van der Waals surface area contributed by atoms with E-state index >= 15 is 0 Å². The Labute approximate surface area is 137 Å². The van der Waals surface area contributed by atoms with Crippen molar-refractivity contribution in [1.29, 1.82) is 0 Å². The number of halogens is 2. The second-order valence-electron chi connectivity index (χ2n) is 5.68. The van der Waals surface area contributed by atoms with E-state index in [9.17, 15) is 18.4 Å². The van der Waals surface area contributed by atoms with Gasteiger partial charge in [0.05, 0.1) is 19.8 Å². The summed E-state index contributed by atoms with van der Waals surface area (Å²) in [5.74, 6) is -2.56. The summed E-state index contributed by atoms with van der Waals surface area (Å²) in [5.41, 5.74) is 0.0951. The number of carbonyl (C=O) groups excluding carboxylic acids is 2. The van der Waals surface area contributed by atoms with Gasteiger partial charge in [-0.25, -0.2) is 8.78 Å². The van der Waals surface area contributed by atoms with Crippen LogP contribution in [0.5, 0.6) is 0 Å². The minimum absolute atomic E-state index is 0.0951. The van der Waals surface area contributed by atoms with E-state index in [2.05, 4.69) is 0 Å². The number of amides is 2. The third-order valence-corrected chi connectivity index (χ3v) is 4.14. The number of piperazine rings is 1. The average molecular weight is 340 g/mol. The van der Waals surface area contributed by atoms with Crippen LogP contribution in [0, 0.1) is 11.6 Å². The van der Waals surface area contributed by atoms with E-state index in [1.165, 1.54) is 11.0 Å². The number of ether oxygens (including phenoxy) is 2. The molecule has 3 rings (SSSR count). The number of nitrogens with zero attached hydrogens (tertiary/aromatic N) is 2. The topological polar surface area (TPSA) is 59.1 Å². The van der Waals surface area contributed by atoms with E-state index < -0.39 is 17.7 Å². The molecule has 8 heteroatoms. The van der Waals surface area contributed by atoms with E-state index in [1.54, 1.807) is 4.90 Å².